The molecular weight excluding hydrogens is 882 g/mol. The lowest BCUT2D eigenvalue weighted by Crippen LogP contribution is -2.61. The lowest BCUT2D eigenvalue weighted by Gasteiger charge is -2.45. The second-order valence-electron chi connectivity index (χ2n) is 25.1. The third-order valence-corrected chi connectivity index (χ3v) is 15.9. The molecule has 0 fully saturated rings. The second kappa shape index (κ2) is 16.2. The van der Waals surface area contributed by atoms with E-state index in [1.165, 1.54) is 93.1 Å². The predicted octanol–water partition coefficient (Wildman–Crippen LogP) is 17.1. The Kier molecular flexibility index (Phi) is 10.3. The first-order valence-corrected chi connectivity index (χ1v) is 26.2. The molecule has 3 nitrogen and oxygen atoms in total. The van der Waals surface area contributed by atoms with Crippen LogP contribution in [0.25, 0.3) is 54.2 Å². The van der Waals surface area contributed by atoms with Crippen molar-refractivity contribution < 1.29 is 0 Å². The molecule has 73 heavy (non-hydrogen) atoms. The summed E-state index contributed by atoms with van der Waals surface area (Å²) < 4.78 is 0. The Hall–Kier alpha value is -7.61. The maximum absolute atomic E-state index is 10.8. The zero-order valence-electron chi connectivity index (χ0n) is 44.6. The molecule has 0 aliphatic carbocycles. The van der Waals surface area contributed by atoms with E-state index in [4.69, 9.17) is 0 Å². The van der Waals surface area contributed by atoms with Gasteiger partial charge in [0.05, 0.1) is 11.6 Å². The van der Waals surface area contributed by atoms with Gasteiger partial charge in [0, 0.05) is 34.1 Å². The van der Waals surface area contributed by atoms with Crippen LogP contribution in [0.4, 0.5) is 34.1 Å². The van der Waals surface area contributed by atoms with Crippen molar-refractivity contribution in [3.8, 4) is 17.2 Å². The third-order valence-electron chi connectivity index (χ3n) is 15.9. The molecule has 358 valence electrons. The van der Waals surface area contributed by atoms with Crippen molar-refractivity contribution in [1.82, 2.24) is 0 Å². The van der Waals surface area contributed by atoms with E-state index >= 15 is 0 Å². The van der Waals surface area contributed by atoms with E-state index in [0.717, 1.165) is 33.9 Å². The van der Waals surface area contributed by atoms with Crippen molar-refractivity contribution in [1.29, 1.82) is 5.26 Å². The molecule has 0 aromatic heterocycles. The Bertz CT molecular complexity index is 3700. The van der Waals surface area contributed by atoms with Crippen LogP contribution in [0, 0.1) is 11.3 Å². The Balaban J connectivity index is 1.29. The molecule has 10 aromatic carbocycles. The monoisotopic (exact) mass is 946 g/mol. The van der Waals surface area contributed by atoms with Crippen molar-refractivity contribution in [2.24, 2.45) is 0 Å². The first-order chi connectivity index (χ1) is 34.6. The average Bonchev–Trinajstić information content (AvgIpc) is 3.34. The maximum atomic E-state index is 10.8. The van der Waals surface area contributed by atoms with Gasteiger partial charge in [-0.25, -0.2) is 0 Å². The highest BCUT2D eigenvalue weighted by atomic mass is 15.2. The van der Waals surface area contributed by atoms with Crippen LogP contribution < -0.4 is 26.2 Å². The quantitative estimate of drug-likeness (QED) is 0.131. The molecule has 0 amide bonds. The number of rotatable bonds is 3. The highest BCUT2D eigenvalue weighted by molar-refractivity contribution is 7.00. The number of nitriles is 1. The van der Waals surface area contributed by atoms with Crippen molar-refractivity contribution in [3.05, 3.63) is 198 Å². The molecule has 0 spiro atoms. The number of nitrogens with zero attached hydrogens (tertiary/aromatic N) is 3. The summed E-state index contributed by atoms with van der Waals surface area (Å²) in [6.07, 6.45) is 0. The standard InChI is InChI=1S/C69H64BN3/c1-66(2,3)52-35-53(67(4,5)6)38-56(37-52)72-61-31-49-27-44-21-15-13-19-42(44)25-47(49)29-59(61)70-60-30-48-26-43-20-14-16-22-45(43)28-50(48)32-62(60)73(57-39-54(68(7,8)9)36-55(40-57)69(10,11)12)64-34-51(33-63(72)65(64)70)58-24-18-17-23-46(58)41-71/h13-40H,1-12H3. The second-order valence-corrected chi connectivity index (χ2v) is 25.1. The van der Waals surface area contributed by atoms with E-state index < -0.39 is 0 Å². The molecule has 0 N–H and O–H groups in total. The average molecular weight is 946 g/mol. The molecule has 0 saturated carbocycles. The minimum absolute atomic E-state index is 0.115. The Morgan fingerprint density at radius 3 is 1.05 bits per heavy atom. The van der Waals surface area contributed by atoms with E-state index in [2.05, 4.69) is 257 Å². The lowest BCUT2D eigenvalue weighted by molar-refractivity contribution is 0.568. The molecule has 0 bridgehead atoms. The van der Waals surface area contributed by atoms with Crippen LogP contribution in [0.3, 0.4) is 0 Å². The van der Waals surface area contributed by atoms with Crippen molar-refractivity contribution in [2.45, 2.75) is 105 Å². The zero-order chi connectivity index (χ0) is 51.1. The van der Waals surface area contributed by atoms with Gasteiger partial charge < -0.3 is 9.80 Å². The van der Waals surface area contributed by atoms with Crippen LogP contribution in [0.5, 0.6) is 0 Å². The molecule has 0 unspecified atom stereocenters. The summed E-state index contributed by atoms with van der Waals surface area (Å²) >= 11 is 0. The van der Waals surface area contributed by atoms with Gasteiger partial charge in [-0.3, -0.25) is 0 Å². The Morgan fingerprint density at radius 1 is 0.356 bits per heavy atom. The SMILES string of the molecule is CC(C)(C)c1cc(N2c3cc4cc5ccccc5cc4cc3B3c4cc5cc6ccccc6cc5cc4N(c4cc(C(C)(C)C)cc(C(C)(C)C)c4)c4cc(-c5ccccc5C#N)cc2c43)cc(C(C)(C)C)c1. The normalized spacial score (nSPS) is 13.7. The number of anilines is 6. The fraction of sp³-hybridized carbons (Fsp3) is 0.232. The molecule has 0 atom stereocenters. The lowest BCUT2D eigenvalue weighted by atomic mass is 9.33. The highest BCUT2D eigenvalue weighted by Gasteiger charge is 2.45. The summed E-state index contributed by atoms with van der Waals surface area (Å²) in [7, 11) is 0. The van der Waals surface area contributed by atoms with E-state index in [9.17, 15) is 5.26 Å². The number of fused-ring (bicyclic) bond motifs is 8. The van der Waals surface area contributed by atoms with Gasteiger partial charge in [-0.2, -0.15) is 5.26 Å². The van der Waals surface area contributed by atoms with Gasteiger partial charge >= 0.3 is 0 Å². The van der Waals surface area contributed by atoms with Crippen molar-refractivity contribution in [3.63, 3.8) is 0 Å². The van der Waals surface area contributed by atoms with Gasteiger partial charge in [-0.1, -0.05) is 174 Å². The molecule has 2 aliphatic heterocycles. The Labute approximate surface area is 432 Å². The molecule has 0 saturated heterocycles. The van der Waals surface area contributed by atoms with Crippen LogP contribution in [-0.2, 0) is 21.7 Å². The molecule has 2 heterocycles. The van der Waals surface area contributed by atoms with E-state index in [0.29, 0.717) is 5.56 Å². The molecule has 0 radical (unpaired) electrons. The van der Waals surface area contributed by atoms with Crippen LogP contribution in [0.15, 0.2) is 170 Å². The summed E-state index contributed by atoms with van der Waals surface area (Å²) in [6.45, 7) is 27.9. The van der Waals surface area contributed by atoms with Gasteiger partial charge in [0.15, 0.2) is 0 Å². The van der Waals surface area contributed by atoms with Gasteiger partial charge in [0.25, 0.3) is 6.71 Å². The van der Waals surface area contributed by atoms with Crippen LogP contribution in [0.1, 0.15) is 111 Å². The smallest absolute Gasteiger partial charge is 0.252 e. The van der Waals surface area contributed by atoms with E-state index in [1.54, 1.807) is 0 Å². The fourth-order valence-corrected chi connectivity index (χ4v) is 11.6. The van der Waals surface area contributed by atoms with Crippen molar-refractivity contribution >= 4 is 100 Å². The van der Waals surface area contributed by atoms with E-state index in [-0.39, 0.29) is 28.4 Å². The Morgan fingerprint density at radius 2 is 0.699 bits per heavy atom. The molecular formula is C69H64BN3. The van der Waals surface area contributed by atoms with Crippen LogP contribution in [0.2, 0.25) is 0 Å². The van der Waals surface area contributed by atoms with Gasteiger partial charge in [0.1, 0.15) is 0 Å². The molecule has 4 heteroatoms. The topological polar surface area (TPSA) is 30.3 Å². The van der Waals surface area contributed by atoms with Gasteiger partial charge in [-0.15, -0.1) is 0 Å². The van der Waals surface area contributed by atoms with E-state index in [1.807, 2.05) is 12.1 Å². The number of benzene rings is 10. The third kappa shape index (κ3) is 7.79. The van der Waals surface area contributed by atoms with Gasteiger partial charge in [0.2, 0.25) is 0 Å². The first-order valence-electron chi connectivity index (χ1n) is 26.2. The summed E-state index contributed by atoms with van der Waals surface area (Å²) in [6, 6.07) is 67.2. The van der Waals surface area contributed by atoms with Crippen LogP contribution in [-0.4, -0.2) is 6.71 Å². The number of hydrogen-bond acceptors (Lipinski definition) is 3. The fourth-order valence-electron chi connectivity index (χ4n) is 11.6. The minimum Gasteiger partial charge on any atom is -0.311 e. The summed E-state index contributed by atoms with van der Waals surface area (Å²) in [5, 5.41) is 20.6. The largest absolute Gasteiger partial charge is 0.311 e. The molecule has 10 aromatic rings. The van der Waals surface area contributed by atoms with Crippen LogP contribution >= 0.6 is 0 Å². The number of hydrogen-bond donors (Lipinski definition) is 0. The maximum Gasteiger partial charge on any atom is 0.252 e. The minimum atomic E-state index is -0.129. The van der Waals surface area contributed by atoms with Gasteiger partial charge in [-0.05, 0) is 193 Å². The predicted molar refractivity (Wildman–Crippen MR) is 315 cm³/mol. The van der Waals surface area contributed by atoms with Crippen molar-refractivity contribution in [2.75, 3.05) is 9.80 Å². The summed E-state index contributed by atoms with van der Waals surface area (Å²) in [5.74, 6) is 0. The first kappa shape index (κ1) is 46.5. The highest BCUT2D eigenvalue weighted by Crippen LogP contribution is 2.50. The zero-order valence-corrected chi connectivity index (χ0v) is 44.6. The summed E-state index contributed by atoms with van der Waals surface area (Å²) in [4.78, 5) is 5.18. The molecule has 2 aliphatic rings. The molecule has 12 rings (SSSR count). The summed E-state index contributed by atoms with van der Waals surface area (Å²) in [5.41, 5.74) is 18.0.